The number of hydrogen-bond acceptors (Lipinski definition) is 4. The Morgan fingerprint density at radius 2 is 1.50 bits per heavy atom. The van der Waals surface area contributed by atoms with Crippen molar-refractivity contribution in [2.75, 3.05) is 0 Å². The van der Waals surface area contributed by atoms with Crippen molar-refractivity contribution in [3.63, 3.8) is 0 Å². The molecule has 6 heavy (non-hydrogen) atoms. The van der Waals surface area contributed by atoms with Crippen molar-refractivity contribution >= 4 is 0 Å². The third-order valence-electron chi connectivity index (χ3n) is 0.247. The van der Waals surface area contributed by atoms with E-state index in [2.05, 4.69) is 20.6 Å². The Balaban J connectivity index is 0.000000250. The summed E-state index contributed by atoms with van der Waals surface area (Å²) < 4.78 is 0. The molecule has 0 atom stereocenters. The summed E-state index contributed by atoms with van der Waals surface area (Å²) in [5.41, 5.74) is 0. The number of tetrazole rings is 1. The van der Waals surface area contributed by atoms with E-state index in [1.807, 2.05) is 0 Å². The van der Waals surface area contributed by atoms with E-state index < -0.39 is 0 Å². The van der Waals surface area contributed by atoms with Crippen molar-refractivity contribution < 1.29 is 22.4 Å². The summed E-state index contributed by atoms with van der Waals surface area (Å²) in [5, 5.41) is 12.7. The summed E-state index contributed by atoms with van der Waals surface area (Å²) >= 11 is 0. The molecule has 36 valence electrons. The molecule has 0 radical (unpaired) electrons. The molecular weight excluding hydrogens is 265 g/mol. The first kappa shape index (κ1) is 5.81. The van der Waals surface area contributed by atoms with Crippen molar-refractivity contribution in [3.8, 4) is 0 Å². The average molecular weight is 266 g/mol. The average Bonchev–Trinajstić information content (AvgIpc) is 1.76. The molecule has 0 aliphatic heterocycles. The van der Waals surface area contributed by atoms with Crippen molar-refractivity contribution in [3.05, 3.63) is 6.33 Å². The van der Waals surface area contributed by atoms with Crippen LogP contribution in [-0.2, 0) is 22.4 Å². The topological polar surface area (TPSA) is 51.6 Å². The number of rotatable bonds is 0. The molecule has 0 saturated heterocycles. The van der Waals surface area contributed by atoms with E-state index >= 15 is 0 Å². The molecular formula is CHAuN4. The normalized spacial score (nSPS) is 6.67. The van der Waals surface area contributed by atoms with Gasteiger partial charge in [0.25, 0.3) is 0 Å². The van der Waals surface area contributed by atoms with Crippen LogP contribution in [0, 0.1) is 0 Å². The van der Waals surface area contributed by atoms with Crippen LogP contribution >= 0.6 is 0 Å². The van der Waals surface area contributed by atoms with Gasteiger partial charge in [0.05, 0.1) is 0 Å². The standard InChI is InChI=1S/CHN4.Au/c1-2-4-5-3-1;/h1H;/q-1;+1. The summed E-state index contributed by atoms with van der Waals surface area (Å²) in [6.07, 6.45) is 1.28. The fraction of sp³-hybridized carbons (Fsp3) is 0. The Kier molecular flexibility index (Phi) is 2.92. The van der Waals surface area contributed by atoms with E-state index in [1.54, 1.807) is 0 Å². The van der Waals surface area contributed by atoms with Gasteiger partial charge in [0.15, 0.2) is 0 Å². The zero-order valence-corrected chi connectivity index (χ0v) is 4.83. The van der Waals surface area contributed by atoms with Gasteiger partial charge in [-0.1, -0.05) is 10.4 Å². The molecule has 0 N–H and O–H groups in total. The second kappa shape index (κ2) is 3.02. The van der Waals surface area contributed by atoms with Crippen LogP contribution in [0.2, 0.25) is 0 Å². The third-order valence-corrected chi connectivity index (χ3v) is 0.247. The zero-order valence-electron chi connectivity index (χ0n) is 2.67. The molecule has 4 nitrogen and oxygen atoms in total. The Bertz CT molecular complexity index is 64.0. The van der Waals surface area contributed by atoms with E-state index in [9.17, 15) is 0 Å². The van der Waals surface area contributed by atoms with E-state index in [1.165, 1.54) is 6.33 Å². The minimum absolute atomic E-state index is 0. The Hall–Kier alpha value is -0.190. The number of nitrogens with zero attached hydrogens (tertiary/aromatic N) is 4. The molecule has 0 bridgehead atoms. The third kappa shape index (κ3) is 1.30. The van der Waals surface area contributed by atoms with Crippen LogP contribution in [0.25, 0.3) is 0 Å². The molecule has 0 saturated carbocycles. The monoisotopic (exact) mass is 266 g/mol. The van der Waals surface area contributed by atoms with Crippen molar-refractivity contribution in [2.24, 2.45) is 0 Å². The van der Waals surface area contributed by atoms with Gasteiger partial charge in [-0.15, -0.1) is 6.33 Å². The van der Waals surface area contributed by atoms with Crippen LogP contribution in [0.15, 0.2) is 6.33 Å². The number of aromatic nitrogens is 4. The minimum Gasteiger partial charge on any atom is -0.305 e. The summed E-state index contributed by atoms with van der Waals surface area (Å²) in [6, 6.07) is 0. The molecule has 5 heteroatoms. The summed E-state index contributed by atoms with van der Waals surface area (Å²) in [6.45, 7) is 0. The fourth-order valence-electron chi connectivity index (χ4n) is 0.115. The predicted molar refractivity (Wildman–Crippen MR) is 13.2 cm³/mol. The first-order valence-corrected chi connectivity index (χ1v) is 1.12. The first-order valence-electron chi connectivity index (χ1n) is 1.12. The Morgan fingerprint density at radius 3 is 1.67 bits per heavy atom. The van der Waals surface area contributed by atoms with Crippen molar-refractivity contribution in [1.82, 2.24) is 20.6 Å². The molecule has 1 heterocycles. The van der Waals surface area contributed by atoms with Gasteiger partial charge in [0, 0.05) is 0 Å². The second-order valence-corrected chi connectivity index (χ2v) is 0.525. The van der Waals surface area contributed by atoms with E-state index in [4.69, 9.17) is 0 Å². The van der Waals surface area contributed by atoms with Crippen LogP contribution < -0.4 is 0 Å². The molecule has 0 unspecified atom stereocenters. The van der Waals surface area contributed by atoms with Gasteiger partial charge in [-0.25, -0.2) is 0 Å². The molecule has 1 aromatic heterocycles. The quantitative estimate of drug-likeness (QED) is 0.445. The summed E-state index contributed by atoms with van der Waals surface area (Å²) in [4.78, 5) is 0. The Morgan fingerprint density at radius 1 is 1.00 bits per heavy atom. The summed E-state index contributed by atoms with van der Waals surface area (Å²) in [7, 11) is 0. The zero-order chi connectivity index (χ0) is 3.54. The smallest absolute Gasteiger partial charge is 0.305 e. The maximum Gasteiger partial charge on any atom is 1.00 e. The van der Waals surface area contributed by atoms with E-state index in [0.29, 0.717) is 0 Å². The molecule has 0 spiro atoms. The largest absolute Gasteiger partial charge is 1.00 e. The molecule has 1 aromatic rings. The van der Waals surface area contributed by atoms with Gasteiger partial charge in [-0.3, -0.25) is 0 Å². The fourth-order valence-corrected chi connectivity index (χ4v) is 0.115. The van der Waals surface area contributed by atoms with Crippen LogP contribution in [0.4, 0.5) is 0 Å². The van der Waals surface area contributed by atoms with Gasteiger partial charge < -0.3 is 10.2 Å². The second-order valence-electron chi connectivity index (χ2n) is 0.525. The minimum atomic E-state index is 0. The van der Waals surface area contributed by atoms with Gasteiger partial charge >= 0.3 is 22.4 Å². The van der Waals surface area contributed by atoms with Crippen LogP contribution in [0.1, 0.15) is 0 Å². The van der Waals surface area contributed by atoms with Crippen LogP contribution in [0.5, 0.6) is 0 Å². The van der Waals surface area contributed by atoms with Crippen molar-refractivity contribution in [1.29, 1.82) is 0 Å². The van der Waals surface area contributed by atoms with E-state index in [0.717, 1.165) is 0 Å². The first-order chi connectivity index (χ1) is 2.50. The molecule has 0 fully saturated rings. The van der Waals surface area contributed by atoms with Crippen LogP contribution in [0.3, 0.4) is 0 Å². The van der Waals surface area contributed by atoms with Gasteiger partial charge in [0.1, 0.15) is 0 Å². The molecule has 0 amide bonds. The Labute approximate surface area is 49.8 Å². The predicted octanol–water partition coefficient (Wildman–Crippen LogP) is -1.02. The molecule has 0 aliphatic rings. The van der Waals surface area contributed by atoms with E-state index in [-0.39, 0.29) is 22.4 Å². The van der Waals surface area contributed by atoms with Gasteiger partial charge in [-0.2, -0.15) is 0 Å². The molecule has 0 aromatic carbocycles. The maximum absolute atomic E-state index is 3.25. The SMILES string of the molecule is [Au+].[cH-]1nnnn1. The van der Waals surface area contributed by atoms with Crippen LogP contribution in [-0.4, -0.2) is 20.6 Å². The van der Waals surface area contributed by atoms with Gasteiger partial charge in [-0.05, 0) is 0 Å². The maximum atomic E-state index is 3.25. The molecule has 0 aliphatic carbocycles. The van der Waals surface area contributed by atoms with Crippen molar-refractivity contribution in [2.45, 2.75) is 0 Å². The molecule has 1 rings (SSSR count). The van der Waals surface area contributed by atoms with Gasteiger partial charge in [0.2, 0.25) is 0 Å². The summed E-state index contributed by atoms with van der Waals surface area (Å²) in [5.74, 6) is 0. The number of hydrogen-bond donors (Lipinski definition) is 0.